The molecule has 6 heteroatoms. The molecule has 112 valence electrons. The maximum Gasteiger partial charge on any atom is 0.231 e. The zero-order valence-corrected chi connectivity index (χ0v) is 12.8. The zero-order chi connectivity index (χ0) is 14.5. The second kappa shape index (κ2) is 6.72. The molecule has 1 fully saturated rings. The van der Waals surface area contributed by atoms with Gasteiger partial charge in [0.05, 0.1) is 0 Å². The van der Waals surface area contributed by atoms with E-state index in [4.69, 9.17) is 5.73 Å². The Balaban J connectivity index is 2.22. The Morgan fingerprint density at radius 1 is 1.15 bits per heavy atom. The normalized spacial score (nSPS) is 19.8. The van der Waals surface area contributed by atoms with Gasteiger partial charge in [-0.1, -0.05) is 6.92 Å². The highest BCUT2D eigenvalue weighted by Crippen LogP contribution is 2.21. The maximum atomic E-state index is 5.86. The van der Waals surface area contributed by atoms with Crippen LogP contribution >= 0.6 is 0 Å². The molecule has 0 amide bonds. The number of aromatic nitrogens is 3. The van der Waals surface area contributed by atoms with Crippen molar-refractivity contribution in [1.29, 1.82) is 0 Å². The second-order valence-electron chi connectivity index (χ2n) is 5.49. The Kier molecular flexibility index (Phi) is 4.98. The molecule has 6 nitrogen and oxygen atoms in total. The van der Waals surface area contributed by atoms with Gasteiger partial charge in [-0.05, 0) is 39.0 Å². The van der Waals surface area contributed by atoms with E-state index in [0.717, 1.165) is 38.0 Å². The van der Waals surface area contributed by atoms with Crippen LogP contribution in [-0.4, -0.2) is 41.1 Å². The predicted molar refractivity (Wildman–Crippen MR) is 83.0 cm³/mol. The van der Waals surface area contributed by atoms with Crippen LogP contribution < -0.4 is 15.5 Å². The number of nitrogen functional groups attached to an aromatic ring is 1. The second-order valence-corrected chi connectivity index (χ2v) is 5.49. The van der Waals surface area contributed by atoms with E-state index in [1.165, 1.54) is 19.3 Å². The van der Waals surface area contributed by atoms with E-state index in [0.29, 0.717) is 11.9 Å². The van der Waals surface area contributed by atoms with Gasteiger partial charge < -0.3 is 15.5 Å². The van der Waals surface area contributed by atoms with Crippen LogP contribution in [0.15, 0.2) is 0 Å². The lowest BCUT2D eigenvalue weighted by Crippen LogP contribution is -2.30. The van der Waals surface area contributed by atoms with Gasteiger partial charge in [0, 0.05) is 26.2 Å². The Labute approximate surface area is 121 Å². The number of hydrogen-bond donors (Lipinski definition) is 1. The van der Waals surface area contributed by atoms with Gasteiger partial charge in [-0.25, -0.2) is 0 Å². The first-order valence-corrected chi connectivity index (χ1v) is 7.65. The van der Waals surface area contributed by atoms with Crippen molar-refractivity contribution in [2.75, 3.05) is 41.7 Å². The van der Waals surface area contributed by atoms with Crippen LogP contribution in [-0.2, 0) is 0 Å². The molecule has 1 unspecified atom stereocenters. The van der Waals surface area contributed by atoms with Gasteiger partial charge in [-0.15, -0.1) is 0 Å². The van der Waals surface area contributed by atoms with Crippen LogP contribution in [0.25, 0.3) is 0 Å². The molecule has 0 saturated carbocycles. The topological polar surface area (TPSA) is 71.2 Å². The van der Waals surface area contributed by atoms with E-state index in [2.05, 4.69) is 45.5 Å². The fourth-order valence-electron chi connectivity index (χ4n) is 2.62. The van der Waals surface area contributed by atoms with E-state index >= 15 is 0 Å². The standard InChI is InChI=1S/C14H26N6/c1-4-19(5-2)13-16-12(15)17-14(18-13)20-9-6-7-11(3)8-10-20/h11H,4-10H2,1-3H3,(H2,15,16,17,18). The number of nitrogens with two attached hydrogens (primary N) is 1. The summed E-state index contributed by atoms with van der Waals surface area (Å²) in [5, 5.41) is 0. The van der Waals surface area contributed by atoms with Gasteiger partial charge in [-0.2, -0.15) is 15.0 Å². The summed E-state index contributed by atoms with van der Waals surface area (Å²) in [6.45, 7) is 10.3. The van der Waals surface area contributed by atoms with Gasteiger partial charge in [0.2, 0.25) is 17.8 Å². The Morgan fingerprint density at radius 2 is 1.90 bits per heavy atom. The van der Waals surface area contributed by atoms with E-state index in [9.17, 15) is 0 Å². The minimum absolute atomic E-state index is 0.314. The highest BCUT2D eigenvalue weighted by atomic mass is 15.3. The van der Waals surface area contributed by atoms with Crippen LogP contribution in [0.3, 0.4) is 0 Å². The molecule has 1 aliphatic rings. The van der Waals surface area contributed by atoms with Crippen molar-refractivity contribution in [2.24, 2.45) is 5.92 Å². The van der Waals surface area contributed by atoms with Gasteiger partial charge >= 0.3 is 0 Å². The van der Waals surface area contributed by atoms with Crippen molar-refractivity contribution in [3.05, 3.63) is 0 Å². The Bertz CT molecular complexity index is 432. The lowest BCUT2D eigenvalue weighted by atomic mass is 10.0. The van der Waals surface area contributed by atoms with Crippen LogP contribution in [0.4, 0.5) is 17.8 Å². The third-order valence-corrected chi connectivity index (χ3v) is 3.97. The van der Waals surface area contributed by atoms with Crippen molar-refractivity contribution in [3.8, 4) is 0 Å². The average Bonchev–Trinajstić information content (AvgIpc) is 2.64. The summed E-state index contributed by atoms with van der Waals surface area (Å²) in [6, 6.07) is 0. The molecule has 0 aliphatic carbocycles. The molecule has 0 aromatic carbocycles. The highest BCUT2D eigenvalue weighted by molar-refractivity contribution is 5.43. The van der Waals surface area contributed by atoms with Crippen LogP contribution in [0.1, 0.15) is 40.0 Å². The molecule has 1 atom stereocenters. The number of nitrogens with zero attached hydrogens (tertiary/aromatic N) is 5. The van der Waals surface area contributed by atoms with Gasteiger partial charge in [0.25, 0.3) is 0 Å². The Hall–Kier alpha value is -1.59. The number of rotatable bonds is 4. The molecule has 20 heavy (non-hydrogen) atoms. The van der Waals surface area contributed by atoms with Crippen LogP contribution in [0, 0.1) is 5.92 Å². The molecular formula is C14H26N6. The summed E-state index contributed by atoms with van der Waals surface area (Å²) in [4.78, 5) is 17.6. The molecule has 0 spiro atoms. The zero-order valence-electron chi connectivity index (χ0n) is 12.8. The third kappa shape index (κ3) is 3.49. The fraction of sp³-hybridized carbons (Fsp3) is 0.786. The summed E-state index contributed by atoms with van der Waals surface area (Å²) >= 11 is 0. The van der Waals surface area contributed by atoms with Gasteiger partial charge in [-0.3, -0.25) is 0 Å². The van der Waals surface area contributed by atoms with Crippen molar-refractivity contribution >= 4 is 17.8 Å². The molecule has 1 aromatic heterocycles. The molecule has 2 rings (SSSR count). The van der Waals surface area contributed by atoms with Crippen LogP contribution in [0.2, 0.25) is 0 Å². The largest absolute Gasteiger partial charge is 0.368 e. The molecule has 1 saturated heterocycles. The summed E-state index contributed by atoms with van der Waals surface area (Å²) in [7, 11) is 0. The Morgan fingerprint density at radius 3 is 2.60 bits per heavy atom. The molecule has 1 aliphatic heterocycles. The summed E-state index contributed by atoms with van der Waals surface area (Å²) < 4.78 is 0. The predicted octanol–water partition coefficient (Wildman–Crippen LogP) is 1.93. The molecule has 2 heterocycles. The number of anilines is 3. The molecule has 2 N–H and O–H groups in total. The van der Waals surface area contributed by atoms with Crippen molar-refractivity contribution in [2.45, 2.75) is 40.0 Å². The SMILES string of the molecule is CCN(CC)c1nc(N)nc(N2CCCC(C)CC2)n1. The van der Waals surface area contributed by atoms with E-state index in [1.807, 2.05) is 0 Å². The third-order valence-electron chi connectivity index (χ3n) is 3.97. The fourth-order valence-corrected chi connectivity index (χ4v) is 2.62. The molecule has 0 bridgehead atoms. The summed E-state index contributed by atoms with van der Waals surface area (Å²) in [6.07, 6.45) is 3.65. The first kappa shape index (κ1) is 14.8. The lowest BCUT2D eigenvalue weighted by molar-refractivity contribution is 0.521. The summed E-state index contributed by atoms with van der Waals surface area (Å²) in [5.41, 5.74) is 5.86. The van der Waals surface area contributed by atoms with E-state index in [-0.39, 0.29) is 0 Å². The minimum Gasteiger partial charge on any atom is -0.368 e. The molecule has 1 aromatic rings. The monoisotopic (exact) mass is 278 g/mol. The molecule has 0 radical (unpaired) electrons. The average molecular weight is 278 g/mol. The minimum atomic E-state index is 0.314. The first-order chi connectivity index (χ1) is 9.63. The van der Waals surface area contributed by atoms with Crippen molar-refractivity contribution in [1.82, 2.24) is 15.0 Å². The van der Waals surface area contributed by atoms with Crippen molar-refractivity contribution in [3.63, 3.8) is 0 Å². The number of hydrogen-bond acceptors (Lipinski definition) is 6. The quantitative estimate of drug-likeness (QED) is 0.907. The maximum absolute atomic E-state index is 5.86. The van der Waals surface area contributed by atoms with E-state index in [1.54, 1.807) is 0 Å². The first-order valence-electron chi connectivity index (χ1n) is 7.65. The lowest BCUT2D eigenvalue weighted by Gasteiger charge is -2.23. The van der Waals surface area contributed by atoms with E-state index < -0.39 is 0 Å². The summed E-state index contributed by atoms with van der Waals surface area (Å²) in [5.74, 6) is 2.51. The van der Waals surface area contributed by atoms with Gasteiger partial charge in [0.15, 0.2) is 0 Å². The molecular weight excluding hydrogens is 252 g/mol. The highest BCUT2D eigenvalue weighted by Gasteiger charge is 2.18. The van der Waals surface area contributed by atoms with Gasteiger partial charge in [0.1, 0.15) is 0 Å². The van der Waals surface area contributed by atoms with Crippen molar-refractivity contribution < 1.29 is 0 Å². The smallest absolute Gasteiger partial charge is 0.231 e. The van der Waals surface area contributed by atoms with Crippen LogP contribution in [0.5, 0.6) is 0 Å².